The Kier molecular flexibility index (Phi) is 7.87. The van der Waals surface area contributed by atoms with E-state index in [1.54, 1.807) is 24.3 Å². The molecular weight excluding hydrogens is 475 g/mol. The van der Waals surface area contributed by atoms with Crippen molar-refractivity contribution < 1.29 is 22.7 Å². The third-order valence-electron chi connectivity index (χ3n) is 4.17. The molecule has 3 aromatic rings. The number of amides is 1. The summed E-state index contributed by atoms with van der Waals surface area (Å²) >= 11 is 11.7. The fraction of sp³-hybridized carbons (Fsp3) is 0.0909. The topological polar surface area (TPSA) is 102 Å². The second-order valence-electron chi connectivity index (χ2n) is 6.62. The molecule has 32 heavy (non-hydrogen) atoms. The van der Waals surface area contributed by atoms with E-state index in [0.29, 0.717) is 15.7 Å². The molecule has 10 heteroatoms. The quantitative estimate of drug-likeness (QED) is 0.457. The van der Waals surface area contributed by atoms with Crippen LogP contribution >= 0.6 is 23.2 Å². The third kappa shape index (κ3) is 6.80. The zero-order valence-electron chi connectivity index (χ0n) is 16.5. The molecule has 0 bridgehead atoms. The molecule has 166 valence electrons. The Balaban J connectivity index is 1.60. The molecule has 0 heterocycles. The lowest BCUT2D eigenvalue weighted by molar-refractivity contribution is -0.119. The maximum absolute atomic E-state index is 12.6. The molecule has 0 aliphatic carbocycles. The molecule has 0 aliphatic heterocycles. The van der Waals surface area contributed by atoms with E-state index in [1.165, 1.54) is 42.5 Å². The summed E-state index contributed by atoms with van der Waals surface area (Å²) in [5.41, 5.74) is 1.13. The van der Waals surface area contributed by atoms with E-state index in [9.17, 15) is 18.0 Å². The van der Waals surface area contributed by atoms with Crippen LogP contribution in [0.3, 0.4) is 0 Å². The van der Waals surface area contributed by atoms with Crippen LogP contribution in [0.25, 0.3) is 0 Å². The van der Waals surface area contributed by atoms with Crippen LogP contribution in [0.1, 0.15) is 15.9 Å². The average molecular weight is 493 g/mol. The van der Waals surface area contributed by atoms with Crippen LogP contribution in [0.15, 0.2) is 77.7 Å². The van der Waals surface area contributed by atoms with E-state index in [-0.39, 0.29) is 17.0 Å². The maximum Gasteiger partial charge on any atom is 0.338 e. The molecule has 0 fully saturated rings. The molecule has 3 rings (SSSR count). The summed E-state index contributed by atoms with van der Waals surface area (Å²) < 4.78 is 32.6. The van der Waals surface area contributed by atoms with Gasteiger partial charge in [-0.2, -0.15) is 0 Å². The van der Waals surface area contributed by atoms with E-state index in [1.807, 2.05) is 6.07 Å². The zero-order valence-corrected chi connectivity index (χ0v) is 18.9. The molecule has 0 radical (unpaired) electrons. The molecule has 2 N–H and O–H groups in total. The molecular formula is C22H18Cl2N2O5S. The number of sulfonamides is 1. The number of hydrogen-bond acceptors (Lipinski definition) is 5. The Labute approximate surface area is 195 Å². The molecule has 0 spiro atoms. The Hall–Kier alpha value is -2.91. The van der Waals surface area contributed by atoms with Gasteiger partial charge in [0.2, 0.25) is 10.0 Å². The number of rotatable bonds is 8. The Bertz CT molecular complexity index is 1210. The highest BCUT2D eigenvalue weighted by Crippen LogP contribution is 2.22. The minimum absolute atomic E-state index is 0.00816. The van der Waals surface area contributed by atoms with Crippen molar-refractivity contribution in [3.8, 4) is 0 Å². The summed E-state index contributed by atoms with van der Waals surface area (Å²) in [7, 11) is -3.86. The third-order valence-corrected chi connectivity index (χ3v) is 6.01. The van der Waals surface area contributed by atoms with E-state index >= 15 is 0 Å². The summed E-state index contributed by atoms with van der Waals surface area (Å²) in [6.45, 7) is -0.474. The van der Waals surface area contributed by atoms with Gasteiger partial charge in [0.15, 0.2) is 6.61 Å². The van der Waals surface area contributed by atoms with Crippen LogP contribution in [0.2, 0.25) is 10.0 Å². The van der Waals surface area contributed by atoms with E-state index in [4.69, 9.17) is 27.9 Å². The predicted molar refractivity (Wildman–Crippen MR) is 122 cm³/mol. The van der Waals surface area contributed by atoms with Gasteiger partial charge < -0.3 is 10.1 Å². The van der Waals surface area contributed by atoms with E-state index in [0.717, 1.165) is 5.56 Å². The first kappa shape index (κ1) is 23.7. The zero-order chi connectivity index (χ0) is 23.1. The van der Waals surface area contributed by atoms with Gasteiger partial charge >= 0.3 is 5.97 Å². The molecule has 0 saturated carbocycles. The van der Waals surface area contributed by atoms with Crippen molar-refractivity contribution in [1.29, 1.82) is 0 Å². The minimum atomic E-state index is -3.86. The van der Waals surface area contributed by atoms with Gasteiger partial charge in [-0.3, -0.25) is 4.79 Å². The van der Waals surface area contributed by atoms with Crippen molar-refractivity contribution in [3.63, 3.8) is 0 Å². The summed E-state index contributed by atoms with van der Waals surface area (Å²) in [6.07, 6.45) is 0. The first-order chi connectivity index (χ1) is 15.2. The Morgan fingerprint density at radius 2 is 1.56 bits per heavy atom. The van der Waals surface area contributed by atoms with Gasteiger partial charge in [-0.1, -0.05) is 59.6 Å². The first-order valence-electron chi connectivity index (χ1n) is 9.30. The van der Waals surface area contributed by atoms with Gasteiger partial charge in [0.25, 0.3) is 5.91 Å². The van der Waals surface area contributed by atoms with Crippen LogP contribution in [0.4, 0.5) is 5.69 Å². The number of carbonyl (C=O) groups excluding carboxylic acids is 2. The minimum Gasteiger partial charge on any atom is -0.452 e. The maximum atomic E-state index is 12.6. The van der Waals surface area contributed by atoms with Crippen LogP contribution in [0, 0.1) is 0 Å². The molecule has 0 aromatic heterocycles. The number of benzene rings is 3. The normalized spacial score (nSPS) is 11.1. The lowest BCUT2D eigenvalue weighted by Gasteiger charge is -2.09. The first-order valence-corrected chi connectivity index (χ1v) is 11.5. The average Bonchev–Trinajstić information content (AvgIpc) is 2.76. The van der Waals surface area contributed by atoms with Crippen LogP contribution < -0.4 is 10.0 Å². The molecule has 1 amide bonds. The number of ether oxygens (including phenoxy) is 1. The van der Waals surface area contributed by atoms with Gasteiger partial charge in [-0.15, -0.1) is 0 Å². The van der Waals surface area contributed by atoms with Gasteiger partial charge in [0, 0.05) is 22.3 Å². The molecule has 0 aliphatic rings. The van der Waals surface area contributed by atoms with Gasteiger partial charge in [0.05, 0.1) is 10.5 Å². The van der Waals surface area contributed by atoms with Crippen LogP contribution in [-0.2, 0) is 26.1 Å². The van der Waals surface area contributed by atoms with E-state index in [2.05, 4.69) is 10.0 Å². The smallest absolute Gasteiger partial charge is 0.338 e. The lowest BCUT2D eigenvalue weighted by atomic mass is 10.2. The molecule has 3 aromatic carbocycles. The summed E-state index contributed by atoms with van der Waals surface area (Å²) in [5.74, 6) is -1.45. The van der Waals surface area contributed by atoms with Gasteiger partial charge in [-0.05, 0) is 42.0 Å². The van der Waals surface area contributed by atoms with Crippen molar-refractivity contribution in [2.24, 2.45) is 0 Å². The second-order valence-corrected chi connectivity index (χ2v) is 9.26. The van der Waals surface area contributed by atoms with Crippen molar-refractivity contribution in [2.75, 3.05) is 11.9 Å². The molecule has 7 nitrogen and oxygen atoms in total. The van der Waals surface area contributed by atoms with Crippen molar-refractivity contribution >= 4 is 50.8 Å². The number of nitrogens with one attached hydrogen (secondary N) is 2. The van der Waals surface area contributed by atoms with Crippen molar-refractivity contribution in [2.45, 2.75) is 11.4 Å². The van der Waals surface area contributed by atoms with Crippen LogP contribution in [-0.4, -0.2) is 26.9 Å². The number of esters is 1. The molecule has 0 atom stereocenters. The number of carbonyl (C=O) groups is 2. The summed E-state index contributed by atoms with van der Waals surface area (Å²) in [4.78, 5) is 24.2. The standard InChI is InChI=1S/C22H18Cl2N2O5S/c23-17-10-18(24)12-19(11-17)26-21(27)14-31-22(28)16-7-4-8-20(9-16)32(29,30)25-13-15-5-2-1-3-6-15/h1-12,25H,13-14H2,(H,26,27). The monoisotopic (exact) mass is 492 g/mol. The highest BCUT2D eigenvalue weighted by atomic mass is 35.5. The SMILES string of the molecule is O=C(COC(=O)c1cccc(S(=O)(=O)NCc2ccccc2)c1)Nc1cc(Cl)cc(Cl)c1. The van der Waals surface area contributed by atoms with E-state index < -0.39 is 28.5 Å². The van der Waals surface area contributed by atoms with Gasteiger partial charge in [-0.25, -0.2) is 17.9 Å². The van der Waals surface area contributed by atoms with Crippen molar-refractivity contribution in [3.05, 3.63) is 94.0 Å². The molecule has 0 unspecified atom stereocenters. The number of anilines is 1. The Morgan fingerprint density at radius 3 is 2.25 bits per heavy atom. The molecule has 0 saturated heterocycles. The second kappa shape index (κ2) is 10.6. The number of hydrogen-bond donors (Lipinski definition) is 2. The summed E-state index contributed by atoms with van der Waals surface area (Å²) in [5, 5.41) is 3.18. The number of halogens is 2. The largest absolute Gasteiger partial charge is 0.452 e. The highest BCUT2D eigenvalue weighted by molar-refractivity contribution is 7.89. The fourth-order valence-electron chi connectivity index (χ4n) is 2.69. The predicted octanol–water partition coefficient (Wildman–Crippen LogP) is 4.27. The van der Waals surface area contributed by atoms with Gasteiger partial charge in [0.1, 0.15) is 0 Å². The highest BCUT2D eigenvalue weighted by Gasteiger charge is 2.17. The van der Waals surface area contributed by atoms with Crippen LogP contribution in [0.5, 0.6) is 0 Å². The summed E-state index contributed by atoms with van der Waals surface area (Å²) in [6, 6.07) is 18.9. The fourth-order valence-corrected chi connectivity index (χ4v) is 4.27. The van der Waals surface area contributed by atoms with Crippen molar-refractivity contribution in [1.82, 2.24) is 4.72 Å². The Morgan fingerprint density at radius 1 is 0.875 bits per heavy atom. The lowest BCUT2D eigenvalue weighted by Crippen LogP contribution is -2.24.